The van der Waals surface area contributed by atoms with Crippen LogP contribution in [0.4, 0.5) is 11.4 Å². The summed E-state index contributed by atoms with van der Waals surface area (Å²) in [6, 6.07) is 13.6. The molecule has 0 unspecified atom stereocenters. The zero-order valence-electron chi connectivity index (χ0n) is 17.4. The van der Waals surface area contributed by atoms with Crippen molar-refractivity contribution >= 4 is 39.1 Å². The lowest BCUT2D eigenvalue weighted by Crippen LogP contribution is -2.39. The lowest BCUT2D eigenvalue weighted by molar-refractivity contribution is 0.402. The predicted octanol–water partition coefficient (Wildman–Crippen LogP) is 4.99. The van der Waals surface area contributed by atoms with Crippen molar-refractivity contribution in [2.24, 2.45) is 10.7 Å². The van der Waals surface area contributed by atoms with Crippen LogP contribution in [-0.4, -0.2) is 25.8 Å². The summed E-state index contributed by atoms with van der Waals surface area (Å²) in [5, 5.41) is 0. The minimum atomic E-state index is -3.54. The van der Waals surface area contributed by atoms with Crippen molar-refractivity contribution in [3.05, 3.63) is 71.2 Å². The summed E-state index contributed by atoms with van der Waals surface area (Å²) in [5.41, 5.74) is 8.68. The minimum Gasteiger partial charge on any atom is -0.369 e. The van der Waals surface area contributed by atoms with Gasteiger partial charge in [0.15, 0.2) is 5.96 Å². The smallest absolute Gasteiger partial charge is 0.258 e. The average Bonchev–Trinajstić information content (AvgIpc) is 2.75. The van der Waals surface area contributed by atoms with Crippen LogP contribution in [-0.2, 0) is 16.6 Å². The number of guanidine groups is 1. The van der Waals surface area contributed by atoms with E-state index < -0.39 is 10.0 Å². The molecule has 31 heavy (non-hydrogen) atoms. The molecule has 0 atom stereocenters. The highest BCUT2D eigenvalue weighted by molar-refractivity contribution is 7.99. The molecule has 0 saturated heterocycles. The molecule has 8 heteroatoms. The summed E-state index contributed by atoms with van der Waals surface area (Å²) in [5.74, 6) is 0.568. The van der Waals surface area contributed by atoms with Crippen LogP contribution in [0, 0.1) is 0 Å². The fourth-order valence-corrected chi connectivity index (χ4v) is 5.74. The quantitative estimate of drug-likeness (QED) is 0.616. The third kappa shape index (κ3) is 5.14. The van der Waals surface area contributed by atoms with Crippen LogP contribution in [0.3, 0.4) is 0 Å². The number of rotatable bonds is 7. The molecule has 2 aromatic rings. The van der Waals surface area contributed by atoms with Crippen LogP contribution in [0.15, 0.2) is 80.4 Å². The van der Waals surface area contributed by atoms with Crippen LogP contribution in [0.5, 0.6) is 0 Å². The molecule has 0 spiro atoms. The van der Waals surface area contributed by atoms with Gasteiger partial charge in [-0.05, 0) is 67.3 Å². The standard InChI is InChI=1S/C23H26N4O2S2/c1-2-13-27-16-17-14-20(11-12-22(17)25-23(27)24)30-19-8-6-7-18(15-19)26-31(28,29)21-9-4-3-5-10-21/h3-4,6-9,11-12,14-15,26H,2,5,10,13,16H2,1H3,(H2,24,25). The van der Waals surface area contributed by atoms with Gasteiger partial charge in [0.1, 0.15) is 0 Å². The van der Waals surface area contributed by atoms with E-state index in [4.69, 9.17) is 5.73 Å². The van der Waals surface area contributed by atoms with Crippen LogP contribution >= 0.6 is 11.8 Å². The number of nitrogens with zero attached hydrogens (tertiary/aromatic N) is 2. The molecule has 0 amide bonds. The molecule has 1 aliphatic carbocycles. The third-order valence-corrected chi connectivity index (χ3v) is 7.62. The van der Waals surface area contributed by atoms with Crippen LogP contribution < -0.4 is 10.5 Å². The molecular formula is C23H26N4O2S2. The van der Waals surface area contributed by atoms with Gasteiger partial charge < -0.3 is 10.6 Å². The molecular weight excluding hydrogens is 428 g/mol. The summed E-state index contributed by atoms with van der Waals surface area (Å²) in [7, 11) is -3.54. The summed E-state index contributed by atoms with van der Waals surface area (Å²) in [6.45, 7) is 3.74. The Bertz CT molecular complexity index is 1170. The number of hydrogen-bond acceptors (Lipinski definition) is 6. The molecule has 1 aliphatic heterocycles. The first-order chi connectivity index (χ1) is 14.9. The molecule has 4 rings (SSSR count). The fraction of sp³-hybridized carbons (Fsp3) is 0.261. The van der Waals surface area contributed by atoms with E-state index in [1.807, 2.05) is 36.4 Å². The van der Waals surface area contributed by atoms with Crippen LogP contribution in [0.2, 0.25) is 0 Å². The molecule has 0 aromatic heterocycles. The van der Waals surface area contributed by atoms with Gasteiger partial charge >= 0.3 is 0 Å². The molecule has 0 saturated carbocycles. The Balaban J connectivity index is 1.50. The number of benzene rings is 2. The highest BCUT2D eigenvalue weighted by Crippen LogP contribution is 2.35. The monoisotopic (exact) mass is 454 g/mol. The number of aliphatic imine (C=N–C) groups is 1. The average molecular weight is 455 g/mol. The molecule has 3 N–H and O–H groups in total. The molecule has 1 heterocycles. The molecule has 0 bridgehead atoms. The van der Waals surface area contributed by atoms with Crippen molar-refractivity contribution in [3.8, 4) is 0 Å². The Labute approximate surface area is 188 Å². The first-order valence-corrected chi connectivity index (χ1v) is 12.6. The summed E-state index contributed by atoms with van der Waals surface area (Å²) < 4.78 is 28.0. The van der Waals surface area contributed by atoms with E-state index in [0.29, 0.717) is 23.0 Å². The second kappa shape index (κ2) is 9.20. The van der Waals surface area contributed by atoms with Gasteiger partial charge in [0.05, 0.1) is 10.6 Å². The lowest BCUT2D eigenvalue weighted by atomic mass is 10.1. The predicted molar refractivity (Wildman–Crippen MR) is 128 cm³/mol. The zero-order valence-corrected chi connectivity index (χ0v) is 19.0. The van der Waals surface area contributed by atoms with Crippen molar-refractivity contribution in [2.75, 3.05) is 11.3 Å². The molecule has 2 aromatic carbocycles. The van der Waals surface area contributed by atoms with E-state index in [-0.39, 0.29) is 0 Å². The first-order valence-electron chi connectivity index (χ1n) is 10.3. The number of nitrogens with two attached hydrogens (primary N) is 1. The van der Waals surface area contributed by atoms with Gasteiger partial charge in [0.25, 0.3) is 10.0 Å². The second-order valence-electron chi connectivity index (χ2n) is 7.52. The number of hydrogen-bond donors (Lipinski definition) is 2. The molecule has 162 valence electrons. The van der Waals surface area contributed by atoms with Crippen molar-refractivity contribution in [3.63, 3.8) is 0 Å². The van der Waals surface area contributed by atoms with Crippen LogP contribution in [0.1, 0.15) is 31.7 Å². The Morgan fingerprint density at radius 1 is 1.19 bits per heavy atom. The molecule has 0 radical (unpaired) electrons. The Morgan fingerprint density at radius 3 is 2.81 bits per heavy atom. The first kappa shape index (κ1) is 21.5. The van der Waals surface area contributed by atoms with Gasteiger partial charge in [-0.1, -0.05) is 36.9 Å². The molecule has 0 fully saturated rings. The van der Waals surface area contributed by atoms with Gasteiger partial charge in [0, 0.05) is 28.6 Å². The van der Waals surface area contributed by atoms with Gasteiger partial charge in [-0.3, -0.25) is 4.72 Å². The highest BCUT2D eigenvalue weighted by Gasteiger charge is 2.19. The minimum absolute atomic E-state index is 0.416. The van der Waals surface area contributed by atoms with Crippen LogP contribution in [0.25, 0.3) is 0 Å². The maximum Gasteiger partial charge on any atom is 0.258 e. The normalized spacial score (nSPS) is 15.8. The highest BCUT2D eigenvalue weighted by atomic mass is 32.2. The van der Waals surface area contributed by atoms with E-state index in [2.05, 4.69) is 27.6 Å². The maximum atomic E-state index is 12.6. The SMILES string of the molecule is CCCN1Cc2cc(Sc3cccc(NS(=O)(=O)C4=CC=CCC4)c3)ccc2N=C1N. The topological polar surface area (TPSA) is 87.8 Å². The van der Waals surface area contributed by atoms with Crippen molar-refractivity contribution in [1.29, 1.82) is 0 Å². The zero-order chi connectivity index (χ0) is 21.8. The van der Waals surface area contributed by atoms with E-state index in [1.54, 1.807) is 30.0 Å². The van der Waals surface area contributed by atoms with Gasteiger partial charge in [-0.15, -0.1) is 0 Å². The number of anilines is 1. The number of fused-ring (bicyclic) bond motifs is 1. The van der Waals surface area contributed by atoms with Gasteiger partial charge in [0.2, 0.25) is 0 Å². The Hall–Kier alpha value is -2.71. The van der Waals surface area contributed by atoms with E-state index >= 15 is 0 Å². The summed E-state index contributed by atoms with van der Waals surface area (Å²) in [6.07, 6.45) is 7.70. The molecule has 2 aliphatic rings. The Morgan fingerprint density at radius 2 is 2.03 bits per heavy atom. The van der Waals surface area contributed by atoms with Gasteiger partial charge in [-0.25, -0.2) is 13.4 Å². The summed E-state index contributed by atoms with van der Waals surface area (Å²) >= 11 is 1.59. The van der Waals surface area contributed by atoms with Crippen molar-refractivity contribution in [2.45, 2.75) is 42.5 Å². The van der Waals surface area contributed by atoms with Crippen molar-refractivity contribution in [1.82, 2.24) is 4.90 Å². The number of sulfonamides is 1. The van der Waals surface area contributed by atoms with E-state index in [1.165, 1.54) is 0 Å². The second-order valence-corrected chi connectivity index (χ2v) is 10.4. The summed E-state index contributed by atoms with van der Waals surface area (Å²) in [4.78, 5) is 9.05. The van der Waals surface area contributed by atoms with Crippen molar-refractivity contribution < 1.29 is 8.42 Å². The number of allylic oxidation sites excluding steroid dienone is 4. The Kier molecular flexibility index (Phi) is 6.38. The molecule has 6 nitrogen and oxygen atoms in total. The fourth-order valence-electron chi connectivity index (χ4n) is 3.59. The number of nitrogens with one attached hydrogen (secondary N) is 1. The third-order valence-electron chi connectivity index (χ3n) is 5.11. The van der Waals surface area contributed by atoms with E-state index in [0.717, 1.165) is 47.0 Å². The largest absolute Gasteiger partial charge is 0.369 e. The maximum absolute atomic E-state index is 12.6. The van der Waals surface area contributed by atoms with E-state index in [9.17, 15) is 8.42 Å². The van der Waals surface area contributed by atoms with Gasteiger partial charge in [-0.2, -0.15) is 0 Å². The lowest BCUT2D eigenvalue weighted by Gasteiger charge is -2.28.